The third-order valence-corrected chi connectivity index (χ3v) is 1.81. The van der Waals surface area contributed by atoms with Gasteiger partial charge in [-0.25, -0.2) is 0 Å². The van der Waals surface area contributed by atoms with Crippen molar-refractivity contribution in [3.63, 3.8) is 0 Å². The van der Waals surface area contributed by atoms with Crippen LogP contribution in [0.2, 0.25) is 0 Å². The Morgan fingerprint density at radius 2 is 2.31 bits per heavy atom. The molecule has 0 aliphatic heterocycles. The molecule has 0 spiro atoms. The van der Waals surface area contributed by atoms with Crippen LogP contribution in [0, 0.1) is 0 Å². The minimum absolute atomic E-state index is 0.109. The van der Waals surface area contributed by atoms with Crippen LogP contribution in [-0.4, -0.2) is 17.2 Å². The lowest BCUT2D eigenvalue weighted by Gasteiger charge is -2.07. The van der Waals surface area contributed by atoms with Crippen LogP contribution in [0.3, 0.4) is 0 Å². The normalized spacial score (nSPS) is 9.62. The van der Waals surface area contributed by atoms with Gasteiger partial charge in [-0.2, -0.15) is 0 Å². The molecule has 0 fully saturated rings. The molecule has 0 amide bonds. The molecule has 1 aromatic carbocycles. The van der Waals surface area contributed by atoms with Gasteiger partial charge in [0.05, 0.1) is 12.1 Å². The summed E-state index contributed by atoms with van der Waals surface area (Å²) in [7, 11) is 1.50. The summed E-state index contributed by atoms with van der Waals surface area (Å²) >= 11 is 4.74. The highest BCUT2D eigenvalue weighted by molar-refractivity contribution is 7.80. The molecule has 3 N–H and O–H groups in total. The summed E-state index contributed by atoms with van der Waals surface area (Å²) in [6.07, 6.45) is 0.387. The summed E-state index contributed by atoms with van der Waals surface area (Å²) in [5, 5.41) is 9.60. The zero-order valence-electron chi connectivity index (χ0n) is 7.28. The van der Waals surface area contributed by atoms with Gasteiger partial charge in [0.25, 0.3) is 0 Å². The molecule has 1 rings (SSSR count). The van der Waals surface area contributed by atoms with Gasteiger partial charge >= 0.3 is 0 Å². The lowest BCUT2D eigenvalue weighted by molar-refractivity contribution is 0.371. The summed E-state index contributed by atoms with van der Waals surface area (Å²) in [6.45, 7) is 0. The fourth-order valence-corrected chi connectivity index (χ4v) is 1.22. The van der Waals surface area contributed by atoms with Crippen LogP contribution in [0.1, 0.15) is 5.56 Å². The van der Waals surface area contributed by atoms with Gasteiger partial charge in [0.1, 0.15) is 0 Å². The van der Waals surface area contributed by atoms with Crippen molar-refractivity contribution in [2.45, 2.75) is 6.42 Å². The summed E-state index contributed by atoms with van der Waals surface area (Å²) in [5.74, 6) is 0.548. The van der Waals surface area contributed by atoms with E-state index >= 15 is 0 Å². The van der Waals surface area contributed by atoms with Crippen LogP contribution in [0.15, 0.2) is 18.2 Å². The van der Waals surface area contributed by atoms with Gasteiger partial charge in [0, 0.05) is 12.0 Å². The van der Waals surface area contributed by atoms with E-state index in [1.165, 1.54) is 7.11 Å². The Kier molecular flexibility index (Phi) is 3.08. The predicted molar refractivity (Wildman–Crippen MR) is 55.1 cm³/mol. The number of hydrogen-bond acceptors (Lipinski definition) is 3. The number of phenolic OH excluding ortho intramolecular Hbond substituents is 1. The lowest BCUT2D eigenvalue weighted by atomic mass is 10.1. The highest BCUT2D eigenvalue weighted by Crippen LogP contribution is 2.29. The van der Waals surface area contributed by atoms with Gasteiger partial charge in [0.15, 0.2) is 11.5 Å². The molecule has 13 heavy (non-hydrogen) atoms. The Labute approximate surface area is 82.1 Å². The maximum absolute atomic E-state index is 9.60. The van der Waals surface area contributed by atoms with Crippen molar-refractivity contribution in [3.8, 4) is 11.5 Å². The van der Waals surface area contributed by atoms with Crippen LogP contribution >= 0.6 is 12.2 Å². The largest absolute Gasteiger partial charge is 0.504 e. The minimum atomic E-state index is 0.109. The number of methoxy groups -OCH3 is 1. The first-order valence-corrected chi connectivity index (χ1v) is 4.19. The van der Waals surface area contributed by atoms with Crippen LogP contribution in [0.4, 0.5) is 0 Å². The molecule has 0 saturated carbocycles. The van der Waals surface area contributed by atoms with Crippen molar-refractivity contribution in [3.05, 3.63) is 23.8 Å². The molecule has 70 valence electrons. The molecular weight excluding hydrogens is 186 g/mol. The fourth-order valence-electron chi connectivity index (χ4n) is 1.06. The summed E-state index contributed by atoms with van der Waals surface area (Å²) in [4.78, 5) is 0.351. The van der Waals surface area contributed by atoms with E-state index < -0.39 is 0 Å². The lowest BCUT2D eigenvalue weighted by Crippen LogP contribution is -2.11. The van der Waals surface area contributed by atoms with Crippen LogP contribution in [-0.2, 0) is 6.42 Å². The predicted octanol–water partition coefficient (Wildman–Crippen LogP) is 1.23. The van der Waals surface area contributed by atoms with Crippen LogP contribution in [0.5, 0.6) is 11.5 Å². The monoisotopic (exact) mass is 197 g/mol. The molecule has 0 bridgehead atoms. The molecular formula is C9H11NO2S. The van der Waals surface area contributed by atoms with Gasteiger partial charge in [0.2, 0.25) is 0 Å². The molecule has 1 aromatic rings. The fraction of sp³-hybridized carbons (Fsp3) is 0.222. The van der Waals surface area contributed by atoms with E-state index in [0.717, 1.165) is 0 Å². The van der Waals surface area contributed by atoms with Crippen LogP contribution < -0.4 is 10.5 Å². The summed E-state index contributed by atoms with van der Waals surface area (Å²) in [6, 6.07) is 5.22. The number of rotatable bonds is 3. The first-order valence-electron chi connectivity index (χ1n) is 3.78. The molecule has 0 aliphatic carbocycles. The first kappa shape index (κ1) is 9.80. The molecule has 0 aliphatic rings. The molecule has 0 atom stereocenters. The maximum Gasteiger partial charge on any atom is 0.161 e. The van der Waals surface area contributed by atoms with Crippen molar-refractivity contribution in [1.29, 1.82) is 0 Å². The minimum Gasteiger partial charge on any atom is -0.504 e. The number of phenols is 1. The second-order valence-corrected chi connectivity index (χ2v) is 3.14. The zero-order chi connectivity index (χ0) is 9.84. The van der Waals surface area contributed by atoms with Crippen molar-refractivity contribution in [1.82, 2.24) is 0 Å². The third-order valence-electron chi connectivity index (χ3n) is 1.67. The number of hydrogen-bond donors (Lipinski definition) is 2. The van der Waals surface area contributed by atoms with Crippen molar-refractivity contribution in [2.75, 3.05) is 7.11 Å². The average molecular weight is 197 g/mol. The molecule has 4 heteroatoms. The molecule has 0 saturated heterocycles. The molecule has 3 nitrogen and oxygen atoms in total. The van der Waals surface area contributed by atoms with Gasteiger partial charge < -0.3 is 15.6 Å². The highest BCUT2D eigenvalue weighted by Gasteiger charge is 2.07. The number of para-hydroxylation sites is 1. The number of thiocarbonyl (C=S) groups is 1. The van der Waals surface area contributed by atoms with Gasteiger partial charge in [-0.1, -0.05) is 24.4 Å². The highest BCUT2D eigenvalue weighted by atomic mass is 32.1. The number of benzene rings is 1. The Morgan fingerprint density at radius 3 is 2.85 bits per heavy atom. The average Bonchev–Trinajstić information content (AvgIpc) is 2.08. The standard InChI is InChI=1S/C9H11NO2S/c1-12-7-4-2-3-6(9(7)11)5-8(10)13/h2-4,11H,5H2,1H3,(H2,10,13). The SMILES string of the molecule is COc1cccc(CC(N)=S)c1O. The zero-order valence-corrected chi connectivity index (χ0v) is 8.10. The van der Waals surface area contributed by atoms with E-state index in [4.69, 9.17) is 22.7 Å². The first-order chi connectivity index (χ1) is 6.15. The van der Waals surface area contributed by atoms with E-state index in [2.05, 4.69) is 0 Å². The Bertz CT molecular complexity index is 325. The Morgan fingerprint density at radius 1 is 1.62 bits per heavy atom. The summed E-state index contributed by atoms with van der Waals surface area (Å²) in [5.41, 5.74) is 6.05. The van der Waals surface area contributed by atoms with Gasteiger partial charge in [-0.05, 0) is 6.07 Å². The van der Waals surface area contributed by atoms with E-state index in [9.17, 15) is 5.11 Å². The van der Waals surface area contributed by atoms with Gasteiger partial charge in [-0.3, -0.25) is 0 Å². The van der Waals surface area contributed by atoms with Crippen molar-refractivity contribution in [2.24, 2.45) is 5.73 Å². The smallest absolute Gasteiger partial charge is 0.161 e. The van der Waals surface area contributed by atoms with E-state index in [0.29, 0.717) is 22.7 Å². The topological polar surface area (TPSA) is 55.5 Å². The molecule has 0 unspecified atom stereocenters. The second kappa shape index (κ2) is 4.09. The maximum atomic E-state index is 9.60. The molecule has 0 heterocycles. The van der Waals surface area contributed by atoms with Crippen molar-refractivity contribution < 1.29 is 9.84 Å². The number of aromatic hydroxyl groups is 1. The third kappa shape index (κ3) is 2.32. The van der Waals surface area contributed by atoms with Gasteiger partial charge in [-0.15, -0.1) is 0 Å². The molecule has 0 radical (unpaired) electrons. The Balaban J connectivity index is 3.01. The quantitative estimate of drug-likeness (QED) is 0.716. The number of nitrogens with two attached hydrogens (primary N) is 1. The summed E-state index contributed by atoms with van der Waals surface area (Å²) < 4.78 is 4.93. The van der Waals surface area contributed by atoms with E-state index in [1.807, 2.05) is 0 Å². The van der Waals surface area contributed by atoms with E-state index in [1.54, 1.807) is 18.2 Å². The van der Waals surface area contributed by atoms with E-state index in [-0.39, 0.29) is 5.75 Å². The van der Waals surface area contributed by atoms with Crippen molar-refractivity contribution >= 4 is 17.2 Å². The molecule has 0 aromatic heterocycles. The second-order valence-electron chi connectivity index (χ2n) is 2.61. The van der Waals surface area contributed by atoms with Crippen LogP contribution in [0.25, 0.3) is 0 Å². The Hall–Kier alpha value is -1.29. The number of ether oxygens (including phenoxy) is 1.